The van der Waals surface area contributed by atoms with Crippen LogP contribution < -0.4 is 5.32 Å². The number of hydrogen-bond acceptors (Lipinski definition) is 5. The molecule has 2 rings (SSSR count). The third-order valence-electron chi connectivity index (χ3n) is 3.04. The molecule has 2 N–H and O–H groups in total. The van der Waals surface area contributed by atoms with Crippen LogP contribution in [0.3, 0.4) is 0 Å². The van der Waals surface area contributed by atoms with Crippen LogP contribution in [0.4, 0.5) is 11.6 Å². The predicted molar refractivity (Wildman–Crippen MR) is 69.8 cm³/mol. The van der Waals surface area contributed by atoms with E-state index in [9.17, 15) is 10.1 Å². The van der Waals surface area contributed by atoms with Crippen molar-refractivity contribution in [2.24, 2.45) is 7.05 Å². The van der Waals surface area contributed by atoms with Crippen molar-refractivity contribution < 1.29 is 4.92 Å². The van der Waals surface area contributed by atoms with Crippen LogP contribution in [0.2, 0.25) is 0 Å². The molecule has 0 saturated heterocycles. The second-order valence-electron chi connectivity index (χ2n) is 4.23. The summed E-state index contributed by atoms with van der Waals surface area (Å²) >= 11 is 0. The Labute approximate surface area is 110 Å². The molecule has 0 aliphatic heterocycles. The number of hydrogen-bond donors (Lipinski definition) is 2. The Bertz CT molecular complexity index is 574. The van der Waals surface area contributed by atoms with E-state index in [-0.39, 0.29) is 11.9 Å². The van der Waals surface area contributed by atoms with Crippen LogP contribution in [-0.4, -0.2) is 24.4 Å². The van der Waals surface area contributed by atoms with E-state index in [2.05, 4.69) is 20.3 Å². The largest absolute Gasteiger partial charge is 0.406 e. The van der Waals surface area contributed by atoms with Crippen LogP contribution in [-0.2, 0) is 7.05 Å². The summed E-state index contributed by atoms with van der Waals surface area (Å²) in [7, 11) is 1.74. The molecule has 0 aliphatic carbocycles. The lowest BCUT2D eigenvalue weighted by Crippen LogP contribution is -2.14. The van der Waals surface area contributed by atoms with Crippen molar-refractivity contribution in [3.05, 3.63) is 34.2 Å². The van der Waals surface area contributed by atoms with Crippen LogP contribution in [0.5, 0.6) is 0 Å². The van der Waals surface area contributed by atoms with Crippen LogP contribution in [0.25, 0.3) is 0 Å². The van der Waals surface area contributed by atoms with Crippen LogP contribution >= 0.6 is 0 Å². The van der Waals surface area contributed by atoms with Gasteiger partial charge in [-0.3, -0.25) is 4.57 Å². The van der Waals surface area contributed by atoms with Crippen molar-refractivity contribution in [1.29, 1.82) is 0 Å². The lowest BCUT2D eigenvalue weighted by molar-refractivity contribution is -0.388. The first-order valence-corrected chi connectivity index (χ1v) is 5.98. The summed E-state index contributed by atoms with van der Waals surface area (Å²) in [5.41, 5.74) is 0. The van der Waals surface area contributed by atoms with Gasteiger partial charge < -0.3 is 20.4 Å². The fourth-order valence-electron chi connectivity index (χ4n) is 1.88. The third-order valence-corrected chi connectivity index (χ3v) is 3.04. The maximum absolute atomic E-state index is 11.0. The second-order valence-corrected chi connectivity index (χ2v) is 4.23. The molecular formula is C11H16N6O2. The zero-order chi connectivity index (χ0) is 14.0. The topological polar surface area (TPSA) is 102 Å². The highest BCUT2D eigenvalue weighted by atomic mass is 16.6. The summed E-state index contributed by atoms with van der Waals surface area (Å²) in [5.74, 6) is 1.56. The van der Waals surface area contributed by atoms with Gasteiger partial charge in [0.05, 0.1) is 6.04 Å². The van der Waals surface area contributed by atoms with E-state index in [0.717, 1.165) is 12.2 Å². The van der Waals surface area contributed by atoms with Gasteiger partial charge in [0.1, 0.15) is 5.82 Å². The zero-order valence-corrected chi connectivity index (χ0v) is 11.0. The average molecular weight is 264 g/mol. The molecule has 2 aromatic rings. The molecule has 0 amide bonds. The van der Waals surface area contributed by atoms with E-state index in [0.29, 0.717) is 11.6 Å². The molecule has 8 heteroatoms. The van der Waals surface area contributed by atoms with Gasteiger partial charge in [0.25, 0.3) is 0 Å². The summed E-state index contributed by atoms with van der Waals surface area (Å²) < 4.78 is 1.67. The molecule has 1 atom stereocenters. The van der Waals surface area contributed by atoms with Crippen molar-refractivity contribution in [1.82, 2.24) is 19.5 Å². The minimum Gasteiger partial charge on any atom is -0.358 e. The number of aromatic amines is 1. The van der Waals surface area contributed by atoms with E-state index in [1.807, 2.05) is 6.92 Å². The number of imidazole rings is 2. The van der Waals surface area contributed by atoms with Gasteiger partial charge in [-0.2, -0.15) is 0 Å². The fourth-order valence-corrected chi connectivity index (χ4v) is 1.88. The van der Waals surface area contributed by atoms with Crippen molar-refractivity contribution in [3.8, 4) is 0 Å². The van der Waals surface area contributed by atoms with E-state index in [1.54, 1.807) is 30.9 Å². The first-order chi connectivity index (χ1) is 9.04. The first kappa shape index (κ1) is 13.1. The lowest BCUT2D eigenvalue weighted by Gasteiger charge is -2.15. The predicted octanol–water partition coefficient (Wildman–Crippen LogP) is 1.92. The standard InChI is InChI=1S/C11H16N6O2/c1-4-8(9-12-5-6-13-9)15-10-11(17(18)19)14-7(2)16(10)3/h5-6,8,15H,4H2,1-3H3,(H,12,13). The Morgan fingerprint density at radius 3 is 2.89 bits per heavy atom. The van der Waals surface area contributed by atoms with E-state index in [1.165, 1.54) is 0 Å². The fraction of sp³-hybridized carbons (Fsp3) is 0.455. The third kappa shape index (κ3) is 2.42. The molecule has 19 heavy (non-hydrogen) atoms. The molecule has 0 fully saturated rings. The van der Waals surface area contributed by atoms with Crippen molar-refractivity contribution in [2.45, 2.75) is 26.3 Å². The van der Waals surface area contributed by atoms with Crippen molar-refractivity contribution >= 4 is 11.6 Å². The first-order valence-electron chi connectivity index (χ1n) is 5.98. The molecule has 0 aromatic carbocycles. The monoisotopic (exact) mass is 264 g/mol. The molecular weight excluding hydrogens is 248 g/mol. The normalized spacial score (nSPS) is 12.4. The number of nitrogens with one attached hydrogen (secondary N) is 2. The Morgan fingerprint density at radius 2 is 2.37 bits per heavy atom. The van der Waals surface area contributed by atoms with Gasteiger partial charge in [-0.05, 0) is 16.3 Å². The van der Waals surface area contributed by atoms with E-state index < -0.39 is 4.92 Å². The Kier molecular flexibility index (Phi) is 3.50. The highest BCUT2D eigenvalue weighted by Crippen LogP contribution is 2.28. The number of anilines is 1. The molecule has 1 unspecified atom stereocenters. The van der Waals surface area contributed by atoms with Gasteiger partial charge in [-0.1, -0.05) is 6.92 Å². The molecule has 0 saturated carbocycles. The number of aromatic nitrogens is 4. The zero-order valence-electron chi connectivity index (χ0n) is 11.0. The minimum absolute atomic E-state index is 0.122. The van der Waals surface area contributed by atoms with Gasteiger partial charge >= 0.3 is 5.82 Å². The van der Waals surface area contributed by atoms with Crippen molar-refractivity contribution in [2.75, 3.05) is 5.32 Å². The molecule has 102 valence electrons. The summed E-state index contributed by atoms with van der Waals surface area (Å²) in [6.07, 6.45) is 4.13. The summed E-state index contributed by atoms with van der Waals surface area (Å²) in [6.45, 7) is 3.71. The molecule has 0 bridgehead atoms. The SMILES string of the molecule is CCC(Nc1c([N+](=O)[O-])nc(C)n1C)c1ncc[nH]1. The summed E-state index contributed by atoms with van der Waals surface area (Å²) in [6, 6.07) is -0.122. The number of H-pyrrole nitrogens is 1. The highest BCUT2D eigenvalue weighted by molar-refractivity contribution is 5.54. The van der Waals surface area contributed by atoms with Gasteiger partial charge in [0.2, 0.25) is 11.6 Å². The molecule has 0 aliphatic rings. The number of aryl methyl sites for hydroxylation is 1. The van der Waals surface area contributed by atoms with Crippen molar-refractivity contribution in [3.63, 3.8) is 0 Å². The minimum atomic E-state index is -0.482. The Hall–Kier alpha value is -2.38. The van der Waals surface area contributed by atoms with Gasteiger partial charge in [-0.15, -0.1) is 0 Å². The van der Waals surface area contributed by atoms with Crippen LogP contribution in [0, 0.1) is 17.0 Å². The molecule has 0 radical (unpaired) electrons. The lowest BCUT2D eigenvalue weighted by atomic mass is 10.2. The molecule has 0 spiro atoms. The molecule has 2 aromatic heterocycles. The number of rotatable bonds is 5. The smallest absolute Gasteiger partial charge is 0.358 e. The van der Waals surface area contributed by atoms with Crippen LogP contribution in [0.1, 0.15) is 31.0 Å². The van der Waals surface area contributed by atoms with Gasteiger partial charge in [0, 0.05) is 26.4 Å². The summed E-state index contributed by atoms with van der Waals surface area (Å²) in [4.78, 5) is 21.7. The molecule has 2 heterocycles. The van der Waals surface area contributed by atoms with Gasteiger partial charge in [-0.25, -0.2) is 4.98 Å². The number of nitrogens with zero attached hydrogens (tertiary/aromatic N) is 4. The number of nitro groups is 1. The molecule has 8 nitrogen and oxygen atoms in total. The van der Waals surface area contributed by atoms with Crippen LogP contribution in [0.15, 0.2) is 12.4 Å². The quantitative estimate of drug-likeness (QED) is 0.634. The summed E-state index contributed by atoms with van der Waals surface area (Å²) in [5, 5.41) is 14.1. The van der Waals surface area contributed by atoms with E-state index >= 15 is 0 Å². The Balaban J connectivity index is 2.34. The second kappa shape index (κ2) is 5.09. The maximum Gasteiger partial charge on any atom is 0.406 e. The highest BCUT2D eigenvalue weighted by Gasteiger charge is 2.26. The maximum atomic E-state index is 11.0. The Morgan fingerprint density at radius 1 is 1.63 bits per heavy atom. The van der Waals surface area contributed by atoms with E-state index in [4.69, 9.17) is 0 Å². The average Bonchev–Trinajstić information content (AvgIpc) is 2.98. The van der Waals surface area contributed by atoms with Gasteiger partial charge in [0.15, 0.2) is 0 Å².